The van der Waals surface area contributed by atoms with Crippen LogP contribution in [-0.2, 0) is 0 Å². The number of benzene rings is 1. The van der Waals surface area contributed by atoms with Crippen molar-refractivity contribution in [3.05, 3.63) is 58.0 Å². The fourth-order valence-corrected chi connectivity index (χ4v) is 5.75. The van der Waals surface area contributed by atoms with E-state index in [1.54, 1.807) is 0 Å². The van der Waals surface area contributed by atoms with E-state index in [0.29, 0.717) is 23.6 Å². The van der Waals surface area contributed by atoms with Gasteiger partial charge in [0.1, 0.15) is 41.4 Å². The van der Waals surface area contributed by atoms with Crippen LogP contribution in [-0.4, -0.2) is 48.8 Å². The third-order valence-electron chi connectivity index (χ3n) is 7.65. The number of hydrogen-bond donors (Lipinski definition) is 1. The van der Waals surface area contributed by atoms with E-state index in [0.717, 1.165) is 25.3 Å². The summed E-state index contributed by atoms with van der Waals surface area (Å²) in [7, 11) is 0. The monoisotopic (exact) mass is 548 g/mol. The number of aromatic nitrogens is 5. The van der Waals surface area contributed by atoms with Crippen LogP contribution in [0.5, 0.6) is 11.5 Å². The van der Waals surface area contributed by atoms with E-state index in [4.69, 9.17) is 4.74 Å². The molecule has 6 rings (SSSR count). The van der Waals surface area contributed by atoms with Crippen molar-refractivity contribution in [1.29, 1.82) is 0 Å². The zero-order valence-corrected chi connectivity index (χ0v) is 22.8. The first-order valence-corrected chi connectivity index (χ1v) is 13.6. The van der Waals surface area contributed by atoms with E-state index in [1.165, 1.54) is 23.0 Å². The van der Waals surface area contributed by atoms with Crippen molar-refractivity contribution in [2.75, 3.05) is 18.1 Å². The fraction of sp³-hybridized carbons (Fsp3) is 0.414. The number of ether oxygens (including phenoxy) is 1. The van der Waals surface area contributed by atoms with Crippen LogP contribution in [0.3, 0.4) is 0 Å². The summed E-state index contributed by atoms with van der Waals surface area (Å²) in [6.45, 7) is 8.57. The van der Waals surface area contributed by atoms with E-state index in [9.17, 15) is 9.90 Å². The van der Waals surface area contributed by atoms with Gasteiger partial charge in [-0.25, -0.2) is 33.1 Å². The molecule has 0 bridgehead atoms. The van der Waals surface area contributed by atoms with Crippen LogP contribution in [0.1, 0.15) is 70.2 Å². The highest BCUT2D eigenvalue weighted by Gasteiger charge is 2.36. The lowest BCUT2D eigenvalue weighted by molar-refractivity contribution is 0.258. The molecule has 1 N–H and O–H groups in total. The Morgan fingerprint density at radius 2 is 1.77 bits per heavy atom. The van der Waals surface area contributed by atoms with E-state index >= 15 is 8.78 Å². The smallest absolute Gasteiger partial charge is 0.355 e. The largest absolute Gasteiger partial charge is 0.507 e. The Morgan fingerprint density at radius 1 is 1.05 bits per heavy atom. The van der Waals surface area contributed by atoms with E-state index in [1.807, 2.05) is 32.6 Å². The second-order valence-electron chi connectivity index (χ2n) is 10.9. The lowest BCUT2D eigenvalue weighted by Gasteiger charge is -2.34. The lowest BCUT2D eigenvalue weighted by Crippen LogP contribution is -2.43. The second kappa shape index (κ2) is 9.79. The maximum Gasteiger partial charge on any atom is 0.355 e. The van der Waals surface area contributed by atoms with Gasteiger partial charge in [-0.1, -0.05) is 33.8 Å². The average molecular weight is 549 g/mol. The average Bonchev–Trinajstić information content (AvgIpc) is 3.08. The summed E-state index contributed by atoms with van der Waals surface area (Å²) in [4.78, 5) is 34.1. The van der Waals surface area contributed by atoms with Gasteiger partial charge in [0, 0.05) is 6.54 Å². The molecule has 2 aliphatic rings. The predicted molar refractivity (Wildman–Crippen MR) is 146 cm³/mol. The van der Waals surface area contributed by atoms with Crippen molar-refractivity contribution in [3.8, 4) is 28.4 Å². The van der Waals surface area contributed by atoms with Gasteiger partial charge >= 0.3 is 5.69 Å². The predicted octanol–water partition coefficient (Wildman–Crippen LogP) is 5.22. The standard InChI is InChI=1S/C29H30F2N6O3/c1-14(2)22-25(23(15(3)4)33-13-32-22)37-28-20-26(21(31)24(34-28)19-17(30)9-7-10-18(19)38)40-12-16-8-5-6-11-36(16)27(20)35-29(37)39/h7,9-10,13-16,38H,5-6,8,11-12H2,1-4H3/t16-/m1/s1. The molecule has 9 nitrogen and oxygen atoms in total. The number of fused-ring (bicyclic) bond motifs is 2. The van der Waals surface area contributed by atoms with Crippen molar-refractivity contribution in [3.63, 3.8) is 0 Å². The molecule has 1 atom stereocenters. The molecular weight excluding hydrogens is 518 g/mol. The quantitative estimate of drug-likeness (QED) is 0.370. The summed E-state index contributed by atoms with van der Waals surface area (Å²) in [6.07, 6.45) is 4.10. The van der Waals surface area contributed by atoms with E-state index in [2.05, 4.69) is 19.9 Å². The van der Waals surface area contributed by atoms with Gasteiger partial charge in [-0.05, 0) is 43.2 Å². The van der Waals surface area contributed by atoms with Crippen LogP contribution in [0, 0.1) is 11.6 Å². The molecule has 0 amide bonds. The van der Waals surface area contributed by atoms with Crippen LogP contribution in [0.25, 0.3) is 28.0 Å². The molecular formula is C29H30F2N6O3. The molecule has 0 spiro atoms. The summed E-state index contributed by atoms with van der Waals surface area (Å²) in [6, 6.07) is 3.57. The number of anilines is 1. The molecule has 3 aromatic heterocycles. The Balaban J connectivity index is 1.81. The molecule has 0 unspecified atom stereocenters. The Hall–Kier alpha value is -4.15. The van der Waals surface area contributed by atoms with Crippen LogP contribution >= 0.6 is 0 Å². The van der Waals surface area contributed by atoms with Crippen molar-refractivity contribution in [2.45, 2.75) is 64.8 Å². The minimum atomic E-state index is -0.932. The van der Waals surface area contributed by atoms with Crippen molar-refractivity contribution >= 4 is 16.9 Å². The molecule has 1 fully saturated rings. The second-order valence-corrected chi connectivity index (χ2v) is 10.9. The molecule has 4 aromatic rings. The molecule has 0 radical (unpaired) electrons. The summed E-state index contributed by atoms with van der Waals surface area (Å²) in [5, 5.41) is 10.8. The maximum absolute atomic E-state index is 16.3. The van der Waals surface area contributed by atoms with Crippen molar-refractivity contribution in [2.24, 2.45) is 0 Å². The highest BCUT2D eigenvalue weighted by molar-refractivity contribution is 5.97. The van der Waals surface area contributed by atoms with E-state index < -0.39 is 34.3 Å². The van der Waals surface area contributed by atoms with Crippen LogP contribution < -0.4 is 15.3 Å². The van der Waals surface area contributed by atoms with Gasteiger partial charge < -0.3 is 14.7 Å². The van der Waals surface area contributed by atoms with E-state index in [-0.39, 0.29) is 47.1 Å². The normalized spacial score (nSPS) is 16.8. The third-order valence-corrected chi connectivity index (χ3v) is 7.65. The number of phenolic OH excluding ortho intramolecular Hbond substituents is 1. The molecule has 2 aliphatic heterocycles. The zero-order chi connectivity index (χ0) is 28.3. The van der Waals surface area contributed by atoms with Gasteiger partial charge in [0.25, 0.3) is 0 Å². The first-order chi connectivity index (χ1) is 19.2. The Labute approximate surface area is 229 Å². The van der Waals surface area contributed by atoms with Crippen LogP contribution in [0.15, 0.2) is 29.3 Å². The van der Waals surface area contributed by atoms with Crippen molar-refractivity contribution in [1.82, 2.24) is 24.5 Å². The number of halogens is 2. The third kappa shape index (κ3) is 3.98. The first-order valence-electron chi connectivity index (χ1n) is 13.6. The number of hydrogen-bond acceptors (Lipinski definition) is 8. The summed E-state index contributed by atoms with van der Waals surface area (Å²) in [5.41, 5.74) is 0.105. The number of piperidine rings is 1. The van der Waals surface area contributed by atoms with Gasteiger partial charge in [0.15, 0.2) is 17.2 Å². The SMILES string of the molecule is CC(C)c1ncnc(C(C)C)c1-n1c(=O)nc2c3c(c(F)c(-c4c(O)cccc4F)nc31)OC[C@H]1CCCCN21. The Kier molecular flexibility index (Phi) is 6.39. The Bertz CT molecular complexity index is 1660. The minimum Gasteiger partial charge on any atom is -0.507 e. The van der Waals surface area contributed by atoms with Crippen LogP contribution in [0.2, 0.25) is 0 Å². The molecule has 208 valence electrons. The van der Waals surface area contributed by atoms with Gasteiger partial charge in [-0.2, -0.15) is 4.98 Å². The van der Waals surface area contributed by atoms with Gasteiger partial charge in [-0.15, -0.1) is 0 Å². The minimum absolute atomic E-state index is 0.0360. The first kappa shape index (κ1) is 26.1. The molecule has 0 saturated carbocycles. The summed E-state index contributed by atoms with van der Waals surface area (Å²) >= 11 is 0. The lowest BCUT2D eigenvalue weighted by atomic mass is 10.0. The van der Waals surface area contributed by atoms with Crippen molar-refractivity contribution < 1.29 is 18.6 Å². The fourth-order valence-electron chi connectivity index (χ4n) is 5.75. The number of phenols is 1. The molecule has 1 aromatic carbocycles. The van der Waals surface area contributed by atoms with Gasteiger partial charge in [0.05, 0.1) is 28.7 Å². The number of rotatable bonds is 4. The summed E-state index contributed by atoms with van der Waals surface area (Å²) < 4.78 is 38.8. The summed E-state index contributed by atoms with van der Waals surface area (Å²) in [5.74, 6) is -2.38. The van der Waals surface area contributed by atoms with Gasteiger partial charge in [-0.3, -0.25) is 0 Å². The number of nitrogens with zero attached hydrogens (tertiary/aromatic N) is 6. The van der Waals surface area contributed by atoms with Gasteiger partial charge in [0.2, 0.25) is 0 Å². The molecule has 5 heterocycles. The molecule has 11 heteroatoms. The molecule has 40 heavy (non-hydrogen) atoms. The highest BCUT2D eigenvalue weighted by atomic mass is 19.1. The van der Waals surface area contributed by atoms with Crippen LogP contribution in [0.4, 0.5) is 14.6 Å². The number of pyridine rings is 1. The molecule has 1 saturated heterocycles. The maximum atomic E-state index is 16.3. The molecule has 0 aliphatic carbocycles. The topological polar surface area (TPSA) is 106 Å². The highest BCUT2D eigenvalue weighted by Crippen LogP contribution is 2.44. The Morgan fingerprint density at radius 3 is 2.45 bits per heavy atom. The number of aromatic hydroxyl groups is 1. The zero-order valence-electron chi connectivity index (χ0n) is 22.8.